The Balaban J connectivity index is 1.52. The molecule has 0 aliphatic carbocycles. The molecule has 152 valence electrons. The van der Waals surface area contributed by atoms with E-state index in [1.807, 2.05) is 26.1 Å². The van der Waals surface area contributed by atoms with Crippen LogP contribution in [0.1, 0.15) is 28.1 Å². The second-order valence-electron chi connectivity index (χ2n) is 7.70. The van der Waals surface area contributed by atoms with Gasteiger partial charge in [-0.2, -0.15) is 9.78 Å². The quantitative estimate of drug-likeness (QED) is 0.502. The molecule has 0 saturated carbocycles. The first-order valence-electron chi connectivity index (χ1n) is 9.99. The summed E-state index contributed by atoms with van der Waals surface area (Å²) in [5.74, 6) is 0.773. The lowest BCUT2D eigenvalue weighted by molar-refractivity contribution is 0.685. The van der Waals surface area contributed by atoms with E-state index in [0.29, 0.717) is 17.9 Å². The third-order valence-corrected chi connectivity index (χ3v) is 5.62. The van der Waals surface area contributed by atoms with Crippen LogP contribution in [-0.2, 0) is 13.0 Å². The van der Waals surface area contributed by atoms with Crippen molar-refractivity contribution in [1.29, 1.82) is 5.26 Å². The summed E-state index contributed by atoms with van der Waals surface area (Å²) >= 11 is 0. The topological polar surface area (TPSA) is 100 Å². The predicted octanol–water partition coefficient (Wildman–Crippen LogP) is 2.60. The number of hydrogen-bond acceptors (Lipinski definition) is 7. The molecule has 4 aromatic rings. The number of hydrogen-bond donors (Lipinski definition) is 0. The maximum absolute atomic E-state index is 12.2. The van der Waals surface area contributed by atoms with Crippen molar-refractivity contribution in [3.8, 4) is 17.2 Å². The number of pyridine rings is 2. The van der Waals surface area contributed by atoms with Crippen LogP contribution in [0.4, 0.5) is 5.82 Å². The Kier molecular flexibility index (Phi) is 4.44. The van der Waals surface area contributed by atoms with E-state index < -0.39 is 0 Å². The van der Waals surface area contributed by atoms with Gasteiger partial charge in [0.05, 0.1) is 0 Å². The smallest absolute Gasteiger partial charge is 0.274 e. The number of anilines is 1. The van der Waals surface area contributed by atoms with E-state index in [1.54, 1.807) is 12.3 Å². The molecule has 0 radical (unpaired) electrons. The van der Waals surface area contributed by atoms with Crippen LogP contribution in [0.25, 0.3) is 16.8 Å². The average molecular weight is 409 g/mol. The van der Waals surface area contributed by atoms with Crippen LogP contribution < -0.4 is 10.5 Å². The van der Waals surface area contributed by atoms with Gasteiger partial charge in [-0.15, -0.1) is 5.10 Å². The van der Waals surface area contributed by atoms with E-state index in [-0.39, 0.29) is 5.56 Å². The van der Waals surface area contributed by atoms with Gasteiger partial charge in [-0.3, -0.25) is 9.78 Å². The first kappa shape index (κ1) is 18.9. The highest BCUT2D eigenvalue weighted by Crippen LogP contribution is 2.29. The molecule has 5 rings (SSSR count). The van der Waals surface area contributed by atoms with Gasteiger partial charge >= 0.3 is 0 Å². The minimum absolute atomic E-state index is 0.198. The lowest BCUT2D eigenvalue weighted by atomic mass is 9.98. The van der Waals surface area contributed by atoms with Crippen LogP contribution in [0.15, 0.2) is 47.7 Å². The van der Waals surface area contributed by atoms with E-state index in [4.69, 9.17) is 5.26 Å². The molecule has 0 saturated heterocycles. The SMILES string of the molecule is Cc1cc(C#N)ncc1-c1cnc2c(c1)CN(c1nn3c(=O)ccnc3cc1C)CC2. The monoisotopic (exact) mass is 409 g/mol. The van der Waals surface area contributed by atoms with Crippen LogP contribution in [0.3, 0.4) is 0 Å². The van der Waals surface area contributed by atoms with Crippen LogP contribution in [0, 0.1) is 25.2 Å². The maximum atomic E-state index is 12.2. The van der Waals surface area contributed by atoms with Gasteiger partial charge < -0.3 is 4.90 Å². The summed E-state index contributed by atoms with van der Waals surface area (Å²) in [5.41, 5.74) is 6.82. The van der Waals surface area contributed by atoms with Crippen molar-refractivity contribution in [3.63, 3.8) is 0 Å². The molecule has 0 bridgehead atoms. The molecule has 0 fully saturated rings. The fourth-order valence-corrected chi connectivity index (χ4v) is 4.03. The molecule has 0 spiro atoms. The molecule has 0 amide bonds. The summed E-state index contributed by atoms with van der Waals surface area (Å²) in [6.45, 7) is 5.37. The third-order valence-electron chi connectivity index (χ3n) is 5.62. The Morgan fingerprint density at radius 2 is 1.94 bits per heavy atom. The molecule has 5 heterocycles. The van der Waals surface area contributed by atoms with E-state index >= 15 is 0 Å². The molecule has 0 unspecified atom stereocenters. The van der Waals surface area contributed by atoms with Crippen molar-refractivity contribution < 1.29 is 0 Å². The molecule has 0 aromatic carbocycles. The number of nitriles is 1. The van der Waals surface area contributed by atoms with Gasteiger partial charge in [0.15, 0.2) is 11.5 Å². The molecular weight excluding hydrogens is 390 g/mol. The molecule has 1 aliphatic heterocycles. The van der Waals surface area contributed by atoms with E-state index in [9.17, 15) is 4.79 Å². The Morgan fingerprint density at radius 1 is 1.06 bits per heavy atom. The van der Waals surface area contributed by atoms with Crippen LogP contribution in [0.2, 0.25) is 0 Å². The van der Waals surface area contributed by atoms with Crippen molar-refractivity contribution in [2.45, 2.75) is 26.8 Å². The Bertz CT molecular complexity index is 1430. The average Bonchev–Trinajstić information content (AvgIpc) is 2.78. The third kappa shape index (κ3) is 3.30. The highest BCUT2D eigenvalue weighted by molar-refractivity contribution is 5.67. The maximum Gasteiger partial charge on any atom is 0.274 e. The summed E-state index contributed by atoms with van der Waals surface area (Å²) < 4.78 is 1.35. The molecule has 31 heavy (non-hydrogen) atoms. The first-order chi connectivity index (χ1) is 15.0. The Labute approximate surface area is 178 Å². The molecule has 8 nitrogen and oxygen atoms in total. The minimum atomic E-state index is -0.198. The molecule has 0 N–H and O–H groups in total. The number of fused-ring (bicyclic) bond motifs is 2. The van der Waals surface area contributed by atoms with Gasteiger partial charge in [-0.25, -0.2) is 9.97 Å². The zero-order valence-corrected chi connectivity index (χ0v) is 17.2. The van der Waals surface area contributed by atoms with Gasteiger partial charge in [0.2, 0.25) is 0 Å². The van der Waals surface area contributed by atoms with Crippen molar-refractivity contribution in [2.24, 2.45) is 0 Å². The van der Waals surface area contributed by atoms with Crippen LogP contribution >= 0.6 is 0 Å². The van der Waals surface area contributed by atoms with Crippen molar-refractivity contribution in [2.75, 3.05) is 11.4 Å². The lowest BCUT2D eigenvalue weighted by Crippen LogP contribution is -2.33. The second kappa shape index (κ2) is 7.29. The normalized spacial score (nSPS) is 13.1. The zero-order chi connectivity index (χ0) is 21.5. The van der Waals surface area contributed by atoms with Gasteiger partial charge in [-0.05, 0) is 48.7 Å². The fourth-order valence-electron chi connectivity index (χ4n) is 4.03. The lowest BCUT2D eigenvalue weighted by Gasteiger charge is -2.30. The van der Waals surface area contributed by atoms with Gasteiger partial charge in [0, 0.05) is 61.0 Å². The molecule has 4 aromatic heterocycles. The highest BCUT2D eigenvalue weighted by Gasteiger charge is 2.22. The Hall–Kier alpha value is -4.12. The van der Waals surface area contributed by atoms with Crippen molar-refractivity contribution in [3.05, 3.63) is 81.3 Å². The molecule has 0 atom stereocenters. The summed E-state index contributed by atoms with van der Waals surface area (Å²) in [6.07, 6.45) is 5.89. The predicted molar refractivity (Wildman–Crippen MR) is 116 cm³/mol. The van der Waals surface area contributed by atoms with Crippen LogP contribution in [-0.4, -0.2) is 31.1 Å². The first-order valence-corrected chi connectivity index (χ1v) is 9.99. The van der Waals surface area contributed by atoms with Crippen LogP contribution in [0.5, 0.6) is 0 Å². The fraction of sp³-hybridized carbons (Fsp3) is 0.217. The number of aryl methyl sites for hydroxylation is 2. The second-order valence-corrected chi connectivity index (χ2v) is 7.70. The van der Waals surface area contributed by atoms with Gasteiger partial charge in [0.25, 0.3) is 5.56 Å². The van der Waals surface area contributed by atoms with E-state index in [0.717, 1.165) is 52.3 Å². The zero-order valence-electron chi connectivity index (χ0n) is 17.2. The van der Waals surface area contributed by atoms with Crippen molar-refractivity contribution in [1.82, 2.24) is 24.6 Å². The van der Waals surface area contributed by atoms with Crippen molar-refractivity contribution >= 4 is 11.5 Å². The van der Waals surface area contributed by atoms with E-state index in [2.05, 4.69) is 37.1 Å². The van der Waals surface area contributed by atoms with Gasteiger partial charge in [-0.1, -0.05) is 0 Å². The number of nitrogens with zero attached hydrogens (tertiary/aromatic N) is 7. The largest absolute Gasteiger partial charge is 0.350 e. The highest BCUT2D eigenvalue weighted by atomic mass is 16.1. The summed E-state index contributed by atoms with van der Waals surface area (Å²) in [6, 6.07) is 9.29. The molecule has 8 heteroatoms. The van der Waals surface area contributed by atoms with Gasteiger partial charge in [0.1, 0.15) is 11.8 Å². The molecule has 1 aliphatic rings. The summed E-state index contributed by atoms with van der Waals surface area (Å²) in [5, 5.41) is 13.7. The standard InChI is InChI=1S/C23H19N7O/c1-14-7-18(10-24)26-12-19(14)16-9-17-13-29(6-4-20(17)27-11-16)23-15(2)8-21-25-5-3-22(31)30(21)28-23/h3,5,7-9,11-12H,4,6,13H2,1-2H3. The Morgan fingerprint density at radius 3 is 2.74 bits per heavy atom. The number of aromatic nitrogens is 5. The summed E-state index contributed by atoms with van der Waals surface area (Å²) in [7, 11) is 0. The van der Waals surface area contributed by atoms with E-state index in [1.165, 1.54) is 16.8 Å². The number of rotatable bonds is 2. The molecular formula is C23H19N7O. The minimum Gasteiger partial charge on any atom is -0.350 e. The summed E-state index contributed by atoms with van der Waals surface area (Å²) in [4.78, 5) is 27.5.